The van der Waals surface area contributed by atoms with Crippen LogP contribution in [0.3, 0.4) is 0 Å². The molecule has 19 rings (SSSR count). The minimum absolute atomic E-state index is 0.0294. The van der Waals surface area contributed by atoms with Crippen LogP contribution in [0.2, 0.25) is 0 Å². The maximum atomic E-state index is 14.9. The third kappa shape index (κ3) is 12.5. The fourth-order valence-corrected chi connectivity index (χ4v) is 21.1. The smallest absolute Gasteiger partial charge is 0.309 e. The molecule has 102 heavy (non-hydrogen) atoms. The van der Waals surface area contributed by atoms with Crippen LogP contribution >= 0.6 is 0 Å². The maximum absolute atomic E-state index is 14.9. The van der Waals surface area contributed by atoms with E-state index in [0.29, 0.717) is 80.8 Å². The minimum Gasteiger partial charge on any atom is -0.309 e. The van der Waals surface area contributed by atoms with E-state index in [1.54, 1.807) is 61.2 Å². The van der Waals surface area contributed by atoms with Gasteiger partial charge in [0.1, 0.15) is 0 Å². The molecule has 2 aromatic heterocycles. The van der Waals surface area contributed by atoms with Crippen LogP contribution in [0.15, 0.2) is 183 Å². The van der Waals surface area contributed by atoms with Gasteiger partial charge in [-0.3, -0.25) is 9.97 Å². The number of hydrogen-bond donors (Lipinski definition) is 0. The average Bonchev–Trinajstić information content (AvgIpc) is 1.55. The molecule has 10 aliphatic carbocycles. The zero-order valence-corrected chi connectivity index (χ0v) is 56.4. The van der Waals surface area contributed by atoms with Gasteiger partial charge in [-0.15, -0.1) is 0 Å². The van der Waals surface area contributed by atoms with Crippen molar-refractivity contribution in [1.82, 2.24) is 9.97 Å². The van der Waals surface area contributed by atoms with Crippen molar-refractivity contribution in [1.29, 1.82) is 0 Å². The monoisotopic (exact) mass is 1390 g/mol. The van der Waals surface area contributed by atoms with Crippen LogP contribution in [0.25, 0.3) is 44.5 Å². The van der Waals surface area contributed by atoms with Gasteiger partial charge < -0.3 is 9.80 Å². The molecular formula is C86H78F12N4. The lowest BCUT2D eigenvalue weighted by molar-refractivity contribution is -0.144. The Bertz CT molecular complexity index is 4260. The molecule has 526 valence electrons. The van der Waals surface area contributed by atoms with E-state index in [0.717, 1.165) is 125 Å². The molecule has 10 saturated carbocycles. The molecule has 4 atom stereocenters. The number of nitrogens with zero attached hydrogens (tertiary/aromatic N) is 4. The molecule has 0 N–H and O–H groups in total. The predicted molar refractivity (Wildman–Crippen MR) is 375 cm³/mol. The molecule has 9 aromatic rings. The topological polar surface area (TPSA) is 32.3 Å². The molecule has 8 bridgehead atoms. The average molecular weight is 1400 g/mol. The van der Waals surface area contributed by atoms with E-state index in [1.807, 2.05) is 58.3 Å². The summed E-state index contributed by atoms with van der Waals surface area (Å²) in [6.45, 7) is 0. The number of aromatic nitrogens is 2. The molecular weight excluding hydrogens is 1320 g/mol. The molecule has 0 aliphatic heterocycles. The number of hydrogen-bond acceptors (Lipinski definition) is 4. The maximum Gasteiger partial charge on any atom is 0.416 e. The third-order valence-electron chi connectivity index (χ3n) is 25.2. The van der Waals surface area contributed by atoms with Crippen molar-refractivity contribution in [3.8, 4) is 44.5 Å². The Kier molecular flexibility index (Phi) is 16.5. The summed E-state index contributed by atoms with van der Waals surface area (Å²) in [5.41, 5.74) is 4.49. The first-order valence-electron chi connectivity index (χ1n) is 36.6. The van der Waals surface area contributed by atoms with Crippen LogP contribution in [0.5, 0.6) is 0 Å². The van der Waals surface area contributed by atoms with Crippen molar-refractivity contribution in [2.45, 2.75) is 176 Å². The number of rotatable bonds is 14. The SMILES string of the molecule is FC(F)(F)c1cc(-c2cc(-c3cc(C4CCCCC4)cc(C45CC6CC(CC4C6)C5)c3)cc(N(c3ccc(N(c4cccnc4)c4cc(-c5cc(C(F)(F)F)cc(C(F)(F)F)c5)cc(-c5cc(C6CCCCC6)cc(C67CC8CC(CC6C8)C7)c5)c4)cc3)c3cccnc3)c2)cc(C(F)(F)F)c1. The van der Waals surface area contributed by atoms with Crippen molar-refractivity contribution >= 4 is 34.1 Å². The van der Waals surface area contributed by atoms with Crippen molar-refractivity contribution in [2.75, 3.05) is 9.80 Å². The Hall–Kier alpha value is -8.40. The van der Waals surface area contributed by atoms with Crippen molar-refractivity contribution in [3.63, 3.8) is 0 Å². The van der Waals surface area contributed by atoms with Crippen LogP contribution in [0, 0.1) is 35.5 Å². The largest absolute Gasteiger partial charge is 0.416 e. The van der Waals surface area contributed by atoms with Gasteiger partial charge in [-0.25, -0.2) is 0 Å². The first kappa shape index (κ1) is 66.8. The van der Waals surface area contributed by atoms with E-state index in [-0.39, 0.29) is 57.1 Å². The predicted octanol–water partition coefficient (Wildman–Crippen LogP) is 26.4. The van der Waals surface area contributed by atoms with Gasteiger partial charge in [0.25, 0.3) is 0 Å². The van der Waals surface area contributed by atoms with Gasteiger partial charge in [0.05, 0.1) is 46.0 Å². The summed E-state index contributed by atoms with van der Waals surface area (Å²) in [6, 6.07) is 42.1. The summed E-state index contributed by atoms with van der Waals surface area (Å²) >= 11 is 0. The minimum atomic E-state index is -5.12. The summed E-state index contributed by atoms with van der Waals surface area (Å²) in [6.07, 6.45) is 8.05. The van der Waals surface area contributed by atoms with E-state index in [1.165, 1.54) is 60.8 Å². The van der Waals surface area contributed by atoms with Gasteiger partial charge in [-0.05, 0) is 336 Å². The standard InChI is InChI=1S/C86H78F12N4/c87-83(88,89)71-35-65(36-72(43-71)84(90,91)92)63-29-61(59-27-57(55-9-3-1-4-10-55)31-69(33-59)81-45-51-21-52(46-81)24-67(81)23-51)39-79(41-63)101(77-13-7-19-99-49-77)75-15-17-76(18-16-75)102(78-14-8-20-100-50-78)80-40-62(30-64(42-80)66-37-73(85(93,94)95)44-74(38-66)86(96,97)98)60-28-58(56-11-5-2-6-12-56)32-70(34-60)82-47-53-22-54(48-82)26-68(82)25-53/h7-8,13-20,27-44,49-56,67-68H,1-6,9-12,21-26,45-48H2. The molecule has 4 nitrogen and oxygen atoms in total. The Balaban J connectivity index is 0.846. The molecule has 0 amide bonds. The lowest BCUT2D eigenvalue weighted by Gasteiger charge is -2.35. The molecule has 4 unspecified atom stereocenters. The first-order chi connectivity index (χ1) is 48.9. The lowest BCUT2D eigenvalue weighted by atomic mass is 9.69. The van der Waals surface area contributed by atoms with Crippen molar-refractivity contribution in [2.24, 2.45) is 35.5 Å². The first-order valence-corrected chi connectivity index (χ1v) is 36.6. The van der Waals surface area contributed by atoms with Crippen LogP contribution in [0.4, 0.5) is 86.8 Å². The van der Waals surface area contributed by atoms with Gasteiger partial charge >= 0.3 is 24.7 Å². The lowest BCUT2D eigenvalue weighted by Crippen LogP contribution is -2.28. The van der Waals surface area contributed by atoms with Gasteiger partial charge in [-0.2, -0.15) is 52.7 Å². The molecule has 10 aliphatic rings. The quantitative estimate of drug-likeness (QED) is 0.102. The fraction of sp³-hybridized carbons (Fsp3) is 0.395. The van der Waals surface area contributed by atoms with Gasteiger partial charge in [0, 0.05) is 35.1 Å². The highest BCUT2D eigenvalue weighted by Gasteiger charge is 2.60. The zero-order chi connectivity index (χ0) is 70.2. The summed E-state index contributed by atoms with van der Waals surface area (Å²) in [4.78, 5) is 12.8. The van der Waals surface area contributed by atoms with Gasteiger partial charge in [0.15, 0.2) is 0 Å². The molecule has 7 aromatic carbocycles. The number of alkyl halides is 12. The Morgan fingerprint density at radius 3 is 0.922 bits per heavy atom. The van der Waals surface area contributed by atoms with Gasteiger partial charge in [-0.1, -0.05) is 74.9 Å². The van der Waals surface area contributed by atoms with E-state index >= 15 is 0 Å². The Morgan fingerprint density at radius 1 is 0.304 bits per heavy atom. The second-order valence-corrected chi connectivity index (χ2v) is 31.5. The fourth-order valence-electron chi connectivity index (χ4n) is 21.1. The molecule has 2 heterocycles. The van der Waals surface area contributed by atoms with Crippen LogP contribution < -0.4 is 9.80 Å². The Labute approximate surface area is 586 Å². The normalized spacial score (nSPS) is 24.9. The van der Waals surface area contributed by atoms with E-state index in [2.05, 4.69) is 46.4 Å². The molecule has 10 fully saturated rings. The highest BCUT2D eigenvalue weighted by molar-refractivity contribution is 5.89. The number of halogens is 12. The molecule has 0 saturated heterocycles. The van der Waals surface area contributed by atoms with E-state index in [9.17, 15) is 52.7 Å². The van der Waals surface area contributed by atoms with Crippen molar-refractivity contribution < 1.29 is 52.7 Å². The summed E-state index contributed by atoms with van der Waals surface area (Å²) in [5.74, 6) is 4.13. The Morgan fingerprint density at radius 2 is 0.618 bits per heavy atom. The van der Waals surface area contributed by atoms with Crippen LogP contribution in [-0.4, -0.2) is 9.97 Å². The zero-order valence-electron chi connectivity index (χ0n) is 56.4. The molecule has 0 radical (unpaired) electrons. The van der Waals surface area contributed by atoms with Crippen LogP contribution in [0.1, 0.15) is 185 Å². The highest BCUT2D eigenvalue weighted by Crippen LogP contribution is 2.68. The molecule has 0 spiro atoms. The number of anilines is 6. The van der Waals surface area contributed by atoms with Crippen molar-refractivity contribution in [3.05, 3.63) is 227 Å². The molecule has 16 heteroatoms. The van der Waals surface area contributed by atoms with Gasteiger partial charge in [0.2, 0.25) is 0 Å². The summed E-state index contributed by atoms with van der Waals surface area (Å²) in [7, 11) is 0. The summed E-state index contributed by atoms with van der Waals surface area (Å²) in [5, 5.41) is 0. The second kappa shape index (κ2) is 25.2. The van der Waals surface area contributed by atoms with Crippen LogP contribution in [-0.2, 0) is 35.5 Å². The second-order valence-electron chi connectivity index (χ2n) is 31.5. The number of pyridine rings is 2. The number of benzene rings is 7. The highest BCUT2D eigenvalue weighted by atomic mass is 19.4. The summed E-state index contributed by atoms with van der Waals surface area (Å²) < 4.78 is 179. The third-order valence-corrected chi connectivity index (χ3v) is 25.2. The van der Waals surface area contributed by atoms with E-state index in [4.69, 9.17) is 0 Å². The van der Waals surface area contributed by atoms with E-state index < -0.39 is 47.0 Å².